The Hall–Kier alpha value is -1.91. The smallest absolute Gasteiger partial charge is 0.270 e. The lowest BCUT2D eigenvalue weighted by atomic mass is 10.0. The molecule has 5 heteroatoms. The summed E-state index contributed by atoms with van der Waals surface area (Å²) in [7, 11) is 0. The van der Waals surface area contributed by atoms with Crippen LogP contribution in [0, 0.1) is 10.1 Å². The maximum Gasteiger partial charge on any atom is 0.270 e. The van der Waals surface area contributed by atoms with Gasteiger partial charge in [-0.15, -0.1) is 0 Å². The highest BCUT2D eigenvalue weighted by molar-refractivity contribution is 6.00. The number of benzene rings is 1. The zero-order valence-corrected chi connectivity index (χ0v) is 10.4. The number of hydrogen-bond acceptors (Lipinski definition) is 4. The Bertz CT molecular complexity index is 461. The van der Waals surface area contributed by atoms with Crippen LogP contribution >= 0.6 is 0 Å². The van der Waals surface area contributed by atoms with E-state index < -0.39 is 4.92 Å². The first-order valence-electron chi connectivity index (χ1n) is 5.28. The number of rotatable bonds is 3. The van der Waals surface area contributed by atoms with Crippen LogP contribution in [0.5, 0.6) is 0 Å². The third kappa shape index (κ3) is 3.55. The molecule has 1 aromatic carbocycles. The van der Waals surface area contributed by atoms with E-state index >= 15 is 0 Å². The van der Waals surface area contributed by atoms with E-state index in [-0.39, 0.29) is 17.0 Å². The molecule has 1 N–H and O–H groups in total. The van der Waals surface area contributed by atoms with E-state index in [1.54, 1.807) is 6.07 Å². The summed E-state index contributed by atoms with van der Waals surface area (Å²) in [6.45, 7) is 7.27. The zero-order valence-electron chi connectivity index (χ0n) is 10.4. The van der Waals surface area contributed by atoms with Crippen LogP contribution in [0.3, 0.4) is 0 Å². The Morgan fingerprint density at radius 2 is 1.94 bits per heavy atom. The van der Waals surface area contributed by atoms with Gasteiger partial charge in [-0.2, -0.15) is 0 Å². The van der Waals surface area contributed by atoms with Crippen LogP contribution in [0.15, 0.2) is 18.2 Å². The molecule has 5 nitrogen and oxygen atoms in total. The Labute approximate surface area is 100.0 Å². The number of nitro groups is 1. The summed E-state index contributed by atoms with van der Waals surface area (Å²) in [5, 5.41) is 13.8. The van der Waals surface area contributed by atoms with Gasteiger partial charge in [-0.3, -0.25) is 14.9 Å². The van der Waals surface area contributed by atoms with Crippen LogP contribution in [-0.2, 0) is 0 Å². The largest absolute Gasteiger partial charge is 0.380 e. The molecule has 1 aromatic rings. The molecule has 1 rings (SSSR count). The zero-order chi connectivity index (χ0) is 13.2. The van der Waals surface area contributed by atoms with E-state index in [0.717, 1.165) is 0 Å². The summed E-state index contributed by atoms with van der Waals surface area (Å²) >= 11 is 0. The summed E-state index contributed by atoms with van der Waals surface area (Å²) in [5.74, 6) is -0.194. The number of nitrogens with zero attached hydrogens (tertiary/aromatic N) is 1. The Morgan fingerprint density at radius 3 is 2.35 bits per heavy atom. The van der Waals surface area contributed by atoms with Crippen LogP contribution in [-0.4, -0.2) is 16.2 Å². The van der Waals surface area contributed by atoms with Gasteiger partial charge in [0.2, 0.25) is 0 Å². The number of hydrogen-bond donors (Lipinski definition) is 1. The van der Waals surface area contributed by atoms with E-state index in [2.05, 4.69) is 5.32 Å². The van der Waals surface area contributed by atoms with Crippen molar-refractivity contribution in [1.29, 1.82) is 0 Å². The lowest BCUT2D eigenvalue weighted by Gasteiger charge is -2.23. The van der Waals surface area contributed by atoms with Crippen LogP contribution in [0.2, 0.25) is 0 Å². The van der Waals surface area contributed by atoms with Gasteiger partial charge in [0.15, 0.2) is 5.78 Å². The summed E-state index contributed by atoms with van der Waals surface area (Å²) in [6, 6.07) is 4.26. The second-order valence-corrected chi connectivity index (χ2v) is 4.92. The Balaban J connectivity index is 3.23. The van der Waals surface area contributed by atoms with Gasteiger partial charge >= 0.3 is 0 Å². The Morgan fingerprint density at radius 1 is 1.35 bits per heavy atom. The molecule has 0 aromatic heterocycles. The van der Waals surface area contributed by atoms with Crippen LogP contribution < -0.4 is 5.32 Å². The molecule has 0 radical (unpaired) electrons. The molecule has 0 aliphatic heterocycles. The number of nitrogens with one attached hydrogen (secondary N) is 1. The average Bonchev–Trinajstić information content (AvgIpc) is 2.14. The van der Waals surface area contributed by atoms with Crippen molar-refractivity contribution in [1.82, 2.24) is 0 Å². The molecule has 0 fully saturated rings. The first kappa shape index (κ1) is 13.2. The van der Waals surface area contributed by atoms with Gasteiger partial charge in [-0.05, 0) is 33.8 Å². The normalized spacial score (nSPS) is 11.1. The number of ketones is 1. The van der Waals surface area contributed by atoms with E-state index in [4.69, 9.17) is 0 Å². The second-order valence-electron chi connectivity index (χ2n) is 4.92. The maximum absolute atomic E-state index is 11.5. The highest BCUT2D eigenvalue weighted by atomic mass is 16.6. The summed E-state index contributed by atoms with van der Waals surface area (Å²) < 4.78 is 0. The van der Waals surface area contributed by atoms with Crippen molar-refractivity contribution >= 4 is 17.2 Å². The molecule has 0 heterocycles. The minimum atomic E-state index is -0.507. The molecule has 0 aliphatic carbocycles. The monoisotopic (exact) mass is 236 g/mol. The third-order valence-corrected chi connectivity index (χ3v) is 2.10. The molecule has 0 amide bonds. The van der Waals surface area contributed by atoms with Crippen LogP contribution in [0.1, 0.15) is 38.1 Å². The Kier molecular flexibility index (Phi) is 3.50. The van der Waals surface area contributed by atoms with Crippen molar-refractivity contribution in [2.75, 3.05) is 5.32 Å². The van der Waals surface area contributed by atoms with Crippen molar-refractivity contribution in [2.45, 2.75) is 33.2 Å². The summed E-state index contributed by atoms with van der Waals surface area (Å²) in [5.41, 5.74) is 0.680. The first-order valence-corrected chi connectivity index (χ1v) is 5.28. The fourth-order valence-electron chi connectivity index (χ4n) is 1.45. The SMILES string of the molecule is CC(=O)c1cc([N+](=O)[O-])ccc1NC(C)(C)C. The number of carbonyl (C=O) groups excluding carboxylic acids is 1. The van der Waals surface area contributed by atoms with Crippen molar-refractivity contribution in [3.8, 4) is 0 Å². The molecule has 0 saturated heterocycles. The predicted octanol–water partition coefficient (Wildman–Crippen LogP) is 3.01. The maximum atomic E-state index is 11.5. The number of nitro benzene ring substituents is 1. The lowest BCUT2D eigenvalue weighted by molar-refractivity contribution is -0.384. The predicted molar refractivity (Wildman–Crippen MR) is 66.5 cm³/mol. The first-order chi connectivity index (χ1) is 7.70. The van der Waals surface area contributed by atoms with Gasteiger partial charge < -0.3 is 5.32 Å². The molecule has 92 valence electrons. The van der Waals surface area contributed by atoms with E-state index in [1.807, 2.05) is 20.8 Å². The minimum absolute atomic E-state index is 0.0744. The third-order valence-electron chi connectivity index (χ3n) is 2.10. The lowest BCUT2D eigenvalue weighted by Crippen LogP contribution is -2.27. The number of Topliss-reactive ketones (excluding diaryl/α,β-unsaturated/α-hetero) is 1. The van der Waals surface area contributed by atoms with Gasteiger partial charge in [0, 0.05) is 28.9 Å². The van der Waals surface area contributed by atoms with Gasteiger partial charge in [-0.25, -0.2) is 0 Å². The standard InChI is InChI=1S/C12H16N2O3/c1-8(15)10-7-9(14(16)17)5-6-11(10)13-12(2,3)4/h5-7,13H,1-4H3. The molecular formula is C12H16N2O3. The van der Waals surface area contributed by atoms with Gasteiger partial charge in [0.25, 0.3) is 5.69 Å². The highest BCUT2D eigenvalue weighted by Gasteiger charge is 2.17. The number of non-ortho nitro benzene ring substituents is 1. The summed E-state index contributed by atoms with van der Waals surface area (Å²) in [6.07, 6.45) is 0. The van der Waals surface area contributed by atoms with Gasteiger partial charge in [-0.1, -0.05) is 0 Å². The number of carbonyl (C=O) groups is 1. The highest BCUT2D eigenvalue weighted by Crippen LogP contribution is 2.25. The van der Waals surface area contributed by atoms with Gasteiger partial charge in [0.05, 0.1) is 4.92 Å². The number of anilines is 1. The van der Waals surface area contributed by atoms with Crippen LogP contribution in [0.25, 0.3) is 0 Å². The van der Waals surface area contributed by atoms with Crippen LogP contribution in [0.4, 0.5) is 11.4 Å². The van der Waals surface area contributed by atoms with Crippen molar-refractivity contribution in [2.24, 2.45) is 0 Å². The van der Waals surface area contributed by atoms with Gasteiger partial charge in [0.1, 0.15) is 0 Å². The van der Waals surface area contributed by atoms with E-state index in [0.29, 0.717) is 11.3 Å². The average molecular weight is 236 g/mol. The topological polar surface area (TPSA) is 72.2 Å². The van der Waals surface area contributed by atoms with E-state index in [1.165, 1.54) is 19.1 Å². The molecule has 0 aliphatic rings. The molecule has 17 heavy (non-hydrogen) atoms. The fourth-order valence-corrected chi connectivity index (χ4v) is 1.45. The van der Waals surface area contributed by atoms with E-state index in [9.17, 15) is 14.9 Å². The summed E-state index contributed by atoms with van der Waals surface area (Å²) in [4.78, 5) is 21.6. The molecule has 0 spiro atoms. The molecule has 0 atom stereocenters. The molecular weight excluding hydrogens is 220 g/mol. The fraction of sp³-hybridized carbons (Fsp3) is 0.417. The molecule has 0 saturated carbocycles. The quantitative estimate of drug-likeness (QED) is 0.497. The molecule has 0 unspecified atom stereocenters. The van der Waals surface area contributed by atoms with Crippen molar-refractivity contribution in [3.05, 3.63) is 33.9 Å². The molecule has 0 bridgehead atoms. The minimum Gasteiger partial charge on any atom is -0.380 e. The second kappa shape index (κ2) is 4.53. The van der Waals surface area contributed by atoms with Crippen molar-refractivity contribution in [3.63, 3.8) is 0 Å². The van der Waals surface area contributed by atoms with Crippen molar-refractivity contribution < 1.29 is 9.72 Å².